The molecular weight excluding hydrogens is 288 g/mol. The molecule has 0 fully saturated rings. The molecule has 0 spiro atoms. The normalized spacial score (nSPS) is 10.5. The fourth-order valence-electron chi connectivity index (χ4n) is 2.22. The number of carbonyl (C=O) groups is 1. The van der Waals surface area contributed by atoms with Gasteiger partial charge in [0, 0.05) is 24.1 Å². The van der Waals surface area contributed by atoms with Gasteiger partial charge in [-0.2, -0.15) is 5.10 Å². The molecule has 0 aliphatic heterocycles. The molecule has 0 radical (unpaired) electrons. The number of rotatable bonds is 5. The van der Waals surface area contributed by atoms with Gasteiger partial charge >= 0.3 is 0 Å². The number of hydrogen-bond acceptors (Lipinski definition) is 3. The number of aryl methyl sites for hydroxylation is 1. The van der Waals surface area contributed by atoms with Crippen LogP contribution < -0.4 is 5.32 Å². The Balaban J connectivity index is 1.54. The van der Waals surface area contributed by atoms with Gasteiger partial charge in [0.25, 0.3) is 5.91 Å². The molecule has 0 unspecified atom stereocenters. The largest absolute Gasteiger partial charge is 0.352 e. The first kappa shape index (κ1) is 15.0. The first-order valence-electron chi connectivity index (χ1n) is 7.54. The molecule has 116 valence electrons. The molecule has 3 aromatic rings. The van der Waals surface area contributed by atoms with Crippen LogP contribution in [0.15, 0.2) is 54.6 Å². The SMILES string of the molecule is Cc1ccc(C(=O)NCCc2nc(-c3ccccc3)n[nH]2)cc1. The highest BCUT2D eigenvalue weighted by Gasteiger charge is 2.07. The molecule has 0 aliphatic carbocycles. The van der Waals surface area contributed by atoms with Gasteiger partial charge in [0.05, 0.1) is 0 Å². The summed E-state index contributed by atoms with van der Waals surface area (Å²) in [6.45, 7) is 2.51. The molecule has 2 aromatic carbocycles. The highest BCUT2D eigenvalue weighted by atomic mass is 16.1. The predicted molar refractivity (Wildman–Crippen MR) is 89.0 cm³/mol. The van der Waals surface area contributed by atoms with Crippen LogP contribution in [0.4, 0.5) is 0 Å². The minimum absolute atomic E-state index is 0.0761. The summed E-state index contributed by atoms with van der Waals surface area (Å²) in [6, 6.07) is 17.3. The van der Waals surface area contributed by atoms with E-state index in [1.165, 1.54) is 0 Å². The van der Waals surface area contributed by atoms with E-state index in [2.05, 4.69) is 20.5 Å². The van der Waals surface area contributed by atoms with E-state index in [4.69, 9.17) is 0 Å². The number of nitrogens with one attached hydrogen (secondary N) is 2. The van der Waals surface area contributed by atoms with Crippen molar-refractivity contribution in [3.63, 3.8) is 0 Å². The third-order valence-electron chi connectivity index (χ3n) is 3.52. The van der Waals surface area contributed by atoms with E-state index >= 15 is 0 Å². The Kier molecular flexibility index (Phi) is 4.47. The van der Waals surface area contributed by atoms with Gasteiger partial charge in [-0.25, -0.2) is 4.98 Å². The van der Waals surface area contributed by atoms with Crippen molar-refractivity contribution in [2.75, 3.05) is 6.54 Å². The van der Waals surface area contributed by atoms with Crippen LogP contribution in [0.1, 0.15) is 21.7 Å². The van der Waals surface area contributed by atoms with Crippen molar-refractivity contribution >= 4 is 5.91 Å². The molecule has 23 heavy (non-hydrogen) atoms. The van der Waals surface area contributed by atoms with E-state index in [0.29, 0.717) is 24.4 Å². The van der Waals surface area contributed by atoms with E-state index in [0.717, 1.165) is 17.0 Å². The van der Waals surface area contributed by atoms with Gasteiger partial charge in [0.2, 0.25) is 0 Å². The highest BCUT2D eigenvalue weighted by Crippen LogP contribution is 2.13. The van der Waals surface area contributed by atoms with Crippen molar-refractivity contribution in [1.29, 1.82) is 0 Å². The van der Waals surface area contributed by atoms with Crippen molar-refractivity contribution in [1.82, 2.24) is 20.5 Å². The van der Waals surface area contributed by atoms with Gasteiger partial charge in [-0.3, -0.25) is 9.89 Å². The van der Waals surface area contributed by atoms with Gasteiger partial charge in [-0.1, -0.05) is 48.0 Å². The minimum Gasteiger partial charge on any atom is -0.352 e. The van der Waals surface area contributed by atoms with E-state index < -0.39 is 0 Å². The molecule has 1 aromatic heterocycles. The molecule has 1 amide bonds. The Labute approximate surface area is 134 Å². The maximum absolute atomic E-state index is 12.0. The van der Waals surface area contributed by atoms with Gasteiger partial charge < -0.3 is 5.32 Å². The monoisotopic (exact) mass is 306 g/mol. The Hall–Kier alpha value is -2.95. The van der Waals surface area contributed by atoms with Crippen molar-refractivity contribution in [2.24, 2.45) is 0 Å². The first-order chi connectivity index (χ1) is 11.2. The van der Waals surface area contributed by atoms with Crippen LogP contribution in [-0.2, 0) is 6.42 Å². The van der Waals surface area contributed by atoms with Crippen LogP contribution in [0.25, 0.3) is 11.4 Å². The molecule has 3 rings (SSSR count). The number of nitrogens with zero attached hydrogens (tertiary/aromatic N) is 2. The van der Waals surface area contributed by atoms with Gasteiger partial charge in [-0.05, 0) is 19.1 Å². The summed E-state index contributed by atoms with van der Waals surface area (Å²) in [4.78, 5) is 16.5. The minimum atomic E-state index is -0.0761. The number of aromatic amines is 1. The summed E-state index contributed by atoms with van der Waals surface area (Å²) < 4.78 is 0. The molecule has 0 saturated carbocycles. The van der Waals surface area contributed by atoms with Crippen LogP contribution in [0.2, 0.25) is 0 Å². The summed E-state index contributed by atoms with van der Waals surface area (Å²) in [7, 11) is 0. The van der Waals surface area contributed by atoms with Crippen molar-refractivity contribution in [3.05, 3.63) is 71.5 Å². The van der Waals surface area contributed by atoms with Crippen LogP contribution >= 0.6 is 0 Å². The van der Waals surface area contributed by atoms with E-state index in [1.807, 2.05) is 61.5 Å². The zero-order valence-electron chi connectivity index (χ0n) is 12.9. The van der Waals surface area contributed by atoms with E-state index in [1.54, 1.807) is 0 Å². The maximum atomic E-state index is 12.0. The molecule has 2 N–H and O–H groups in total. The molecule has 0 bridgehead atoms. The predicted octanol–water partition coefficient (Wildman–Crippen LogP) is 2.75. The second kappa shape index (κ2) is 6.87. The summed E-state index contributed by atoms with van der Waals surface area (Å²) >= 11 is 0. The topological polar surface area (TPSA) is 70.7 Å². The third-order valence-corrected chi connectivity index (χ3v) is 3.52. The van der Waals surface area contributed by atoms with Gasteiger partial charge in [0.15, 0.2) is 5.82 Å². The van der Waals surface area contributed by atoms with E-state index in [9.17, 15) is 4.79 Å². The quantitative estimate of drug-likeness (QED) is 0.761. The Morgan fingerprint density at radius 1 is 1.09 bits per heavy atom. The molecule has 1 heterocycles. The fraction of sp³-hybridized carbons (Fsp3) is 0.167. The zero-order chi connectivity index (χ0) is 16.1. The molecule has 5 nitrogen and oxygen atoms in total. The zero-order valence-corrected chi connectivity index (χ0v) is 12.9. The molecule has 0 aliphatic rings. The standard InChI is InChI=1S/C18H18N4O/c1-13-7-9-15(10-8-13)18(23)19-12-11-16-20-17(22-21-16)14-5-3-2-4-6-14/h2-10H,11-12H2,1H3,(H,19,23)(H,20,21,22). The van der Waals surface area contributed by atoms with E-state index in [-0.39, 0.29) is 5.91 Å². The number of benzene rings is 2. The second-order valence-electron chi connectivity index (χ2n) is 5.34. The number of amides is 1. The van der Waals surface area contributed by atoms with Crippen molar-refractivity contribution in [3.8, 4) is 11.4 Å². The molecule has 5 heteroatoms. The van der Waals surface area contributed by atoms with Crippen LogP contribution in [-0.4, -0.2) is 27.6 Å². The summed E-state index contributed by atoms with van der Waals surface area (Å²) in [5.74, 6) is 1.35. The van der Waals surface area contributed by atoms with Crippen LogP contribution in [0.5, 0.6) is 0 Å². The van der Waals surface area contributed by atoms with Crippen LogP contribution in [0, 0.1) is 6.92 Å². The number of hydrogen-bond donors (Lipinski definition) is 2. The Morgan fingerprint density at radius 3 is 2.57 bits per heavy atom. The lowest BCUT2D eigenvalue weighted by Gasteiger charge is -2.04. The lowest BCUT2D eigenvalue weighted by atomic mass is 10.1. The Morgan fingerprint density at radius 2 is 1.83 bits per heavy atom. The lowest BCUT2D eigenvalue weighted by Crippen LogP contribution is -2.25. The average molecular weight is 306 g/mol. The lowest BCUT2D eigenvalue weighted by molar-refractivity contribution is 0.0954. The highest BCUT2D eigenvalue weighted by molar-refractivity contribution is 5.94. The summed E-state index contributed by atoms with van der Waals surface area (Å²) in [6.07, 6.45) is 0.609. The first-order valence-corrected chi connectivity index (χ1v) is 7.54. The number of aromatic nitrogens is 3. The molecule has 0 saturated heterocycles. The third kappa shape index (κ3) is 3.83. The maximum Gasteiger partial charge on any atom is 0.251 e. The second-order valence-corrected chi connectivity index (χ2v) is 5.34. The number of H-pyrrole nitrogens is 1. The van der Waals surface area contributed by atoms with Crippen LogP contribution in [0.3, 0.4) is 0 Å². The van der Waals surface area contributed by atoms with Crippen molar-refractivity contribution < 1.29 is 4.79 Å². The molecule has 0 atom stereocenters. The molecular formula is C18H18N4O. The summed E-state index contributed by atoms with van der Waals surface area (Å²) in [5.41, 5.74) is 2.77. The smallest absolute Gasteiger partial charge is 0.251 e. The number of carbonyl (C=O) groups excluding carboxylic acids is 1. The fourth-order valence-corrected chi connectivity index (χ4v) is 2.22. The van der Waals surface area contributed by atoms with Gasteiger partial charge in [-0.15, -0.1) is 0 Å². The van der Waals surface area contributed by atoms with Gasteiger partial charge in [0.1, 0.15) is 5.82 Å². The Bertz CT molecular complexity index is 778. The average Bonchev–Trinajstić information content (AvgIpc) is 3.05. The summed E-state index contributed by atoms with van der Waals surface area (Å²) in [5, 5.41) is 10.0. The van der Waals surface area contributed by atoms with Crippen molar-refractivity contribution in [2.45, 2.75) is 13.3 Å².